The molecule has 30 heavy (non-hydrogen) atoms. The summed E-state index contributed by atoms with van der Waals surface area (Å²) in [7, 11) is -2.19. The third-order valence-corrected chi connectivity index (χ3v) is 5.61. The van der Waals surface area contributed by atoms with Crippen LogP contribution in [0.15, 0.2) is 83.8 Å². The van der Waals surface area contributed by atoms with E-state index in [-0.39, 0.29) is 10.6 Å². The lowest BCUT2D eigenvalue weighted by Crippen LogP contribution is -2.12. The second kappa shape index (κ2) is 7.66. The Bertz CT molecular complexity index is 1300. The second-order valence-corrected chi connectivity index (χ2v) is 8.17. The molecule has 0 fully saturated rings. The fraction of sp³-hybridized carbons (Fsp3) is 0.0455. The Morgan fingerprint density at radius 1 is 0.967 bits per heavy atom. The van der Waals surface area contributed by atoms with E-state index >= 15 is 0 Å². The van der Waals surface area contributed by atoms with E-state index in [0.717, 1.165) is 17.0 Å². The standard InChI is InChI=1S/C22H19N3O4S/c1-29-17-10-6-15(7-11-17)21-14-20(19-4-2-3-5-22(19)26)24-25(21)16-8-12-18(13-9-16)30(23,27)28/h2-14,26H,1H3,(H2,23,27,28). The van der Waals surface area contributed by atoms with Crippen LogP contribution in [0.5, 0.6) is 11.5 Å². The maximum absolute atomic E-state index is 11.6. The van der Waals surface area contributed by atoms with Crippen LogP contribution < -0.4 is 9.88 Å². The summed E-state index contributed by atoms with van der Waals surface area (Å²) < 4.78 is 30.1. The SMILES string of the molecule is COc1ccc(-c2cc(-c3ccccc3O)nn2-c2ccc(S(N)(=O)=O)cc2)cc1. The summed E-state index contributed by atoms with van der Waals surface area (Å²) in [6.07, 6.45) is 0. The molecular weight excluding hydrogens is 402 g/mol. The van der Waals surface area contributed by atoms with Crippen LogP contribution in [0.3, 0.4) is 0 Å². The Hall–Kier alpha value is -3.62. The van der Waals surface area contributed by atoms with Crippen molar-refractivity contribution < 1.29 is 18.3 Å². The van der Waals surface area contributed by atoms with E-state index in [0.29, 0.717) is 16.9 Å². The first-order chi connectivity index (χ1) is 14.4. The van der Waals surface area contributed by atoms with Crippen molar-refractivity contribution in [3.05, 3.63) is 78.9 Å². The van der Waals surface area contributed by atoms with Gasteiger partial charge in [-0.25, -0.2) is 18.2 Å². The van der Waals surface area contributed by atoms with Crippen LogP contribution >= 0.6 is 0 Å². The number of para-hydroxylation sites is 1. The van der Waals surface area contributed by atoms with E-state index < -0.39 is 10.0 Å². The number of sulfonamides is 1. The molecule has 1 aromatic heterocycles. The molecule has 152 valence electrons. The van der Waals surface area contributed by atoms with Gasteiger partial charge < -0.3 is 9.84 Å². The average Bonchev–Trinajstić information content (AvgIpc) is 3.19. The summed E-state index contributed by atoms with van der Waals surface area (Å²) in [5, 5.41) is 20.1. The zero-order chi connectivity index (χ0) is 21.3. The predicted octanol–water partition coefficient (Wildman–Crippen LogP) is 3.57. The van der Waals surface area contributed by atoms with E-state index in [4.69, 9.17) is 9.88 Å². The minimum atomic E-state index is -3.79. The molecule has 0 unspecified atom stereocenters. The van der Waals surface area contributed by atoms with Gasteiger partial charge in [0.1, 0.15) is 11.5 Å². The number of primary sulfonamides is 1. The van der Waals surface area contributed by atoms with Crippen molar-refractivity contribution >= 4 is 10.0 Å². The minimum absolute atomic E-state index is 0.0188. The summed E-state index contributed by atoms with van der Waals surface area (Å²) >= 11 is 0. The lowest BCUT2D eigenvalue weighted by atomic mass is 10.1. The zero-order valence-corrected chi connectivity index (χ0v) is 16.9. The first-order valence-electron chi connectivity index (χ1n) is 9.03. The van der Waals surface area contributed by atoms with Gasteiger partial charge in [0.25, 0.3) is 0 Å². The molecule has 0 saturated carbocycles. The van der Waals surface area contributed by atoms with Gasteiger partial charge >= 0.3 is 0 Å². The van der Waals surface area contributed by atoms with E-state index in [1.165, 1.54) is 12.1 Å². The molecule has 0 atom stereocenters. The highest BCUT2D eigenvalue weighted by Crippen LogP contribution is 2.33. The molecule has 4 rings (SSSR count). The fourth-order valence-corrected chi connectivity index (χ4v) is 3.66. The molecule has 0 spiro atoms. The number of aromatic hydroxyl groups is 1. The molecule has 0 bridgehead atoms. The van der Waals surface area contributed by atoms with Gasteiger partial charge in [0, 0.05) is 11.1 Å². The molecule has 0 saturated heterocycles. The molecule has 0 radical (unpaired) electrons. The second-order valence-electron chi connectivity index (χ2n) is 6.61. The molecule has 3 aromatic carbocycles. The molecule has 8 heteroatoms. The highest BCUT2D eigenvalue weighted by atomic mass is 32.2. The van der Waals surface area contributed by atoms with Crippen molar-refractivity contribution in [2.24, 2.45) is 5.14 Å². The monoisotopic (exact) mass is 421 g/mol. The minimum Gasteiger partial charge on any atom is -0.507 e. The first-order valence-corrected chi connectivity index (χ1v) is 10.6. The van der Waals surface area contributed by atoms with Crippen molar-refractivity contribution in [2.45, 2.75) is 4.90 Å². The molecule has 0 aliphatic rings. The molecule has 0 aliphatic carbocycles. The Morgan fingerprint density at radius 2 is 1.63 bits per heavy atom. The number of methoxy groups -OCH3 is 1. The fourth-order valence-electron chi connectivity index (χ4n) is 3.14. The maximum Gasteiger partial charge on any atom is 0.238 e. The van der Waals surface area contributed by atoms with Crippen LogP contribution in [-0.2, 0) is 10.0 Å². The summed E-state index contributed by atoms with van der Waals surface area (Å²) in [4.78, 5) is 0.0188. The largest absolute Gasteiger partial charge is 0.507 e. The van der Waals surface area contributed by atoms with Crippen LogP contribution in [0, 0.1) is 0 Å². The van der Waals surface area contributed by atoms with Crippen molar-refractivity contribution in [1.29, 1.82) is 0 Å². The quantitative estimate of drug-likeness (QED) is 0.512. The van der Waals surface area contributed by atoms with Crippen molar-refractivity contribution in [2.75, 3.05) is 7.11 Å². The Labute approximate surface area is 174 Å². The number of ether oxygens (including phenoxy) is 1. The van der Waals surface area contributed by atoms with Crippen LogP contribution in [0.4, 0.5) is 0 Å². The van der Waals surface area contributed by atoms with Gasteiger partial charge in [-0.3, -0.25) is 0 Å². The van der Waals surface area contributed by atoms with Gasteiger partial charge in [-0.15, -0.1) is 0 Å². The van der Waals surface area contributed by atoms with Crippen LogP contribution in [-0.4, -0.2) is 30.4 Å². The molecule has 4 aromatic rings. The van der Waals surface area contributed by atoms with Crippen LogP contribution in [0.2, 0.25) is 0 Å². The van der Waals surface area contributed by atoms with Crippen molar-refractivity contribution in [3.63, 3.8) is 0 Å². The topological polar surface area (TPSA) is 107 Å². The number of benzene rings is 3. The van der Waals surface area contributed by atoms with Gasteiger partial charge in [-0.2, -0.15) is 5.10 Å². The van der Waals surface area contributed by atoms with E-state index in [1.807, 2.05) is 36.4 Å². The third-order valence-electron chi connectivity index (χ3n) is 4.68. The van der Waals surface area contributed by atoms with Crippen molar-refractivity contribution in [1.82, 2.24) is 9.78 Å². The lowest BCUT2D eigenvalue weighted by Gasteiger charge is -2.09. The lowest BCUT2D eigenvalue weighted by molar-refractivity contribution is 0.415. The predicted molar refractivity (Wildman–Crippen MR) is 114 cm³/mol. The molecule has 1 heterocycles. The number of nitrogens with zero attached hydrogens (tertiary/aromatic N) is 2. The number of hydrogen-bond acceptors (Lipinski definition) is 5. The molecule has 0 aliphatic heterocycles. The third kappa shape index (κ3) is 3.78. The summed E-state index contributed by atoms with van der Waals surface area (Å²) in [5.74, 6) is 0.844. The number of phenolic OH excluding ortho intramolecular Hbond substituents is 1. The first kappa shape index (κ1) is 19.7. The number of phenols is 1. The Morgan fingerprint density at radius 3 is 2.23 bits per heavy atom. The van der Waals surface area contributed by atoms with Gasteiger partial charge in [0.2, 0.25) is 10.0 Å². The molecule has 7 nitrogen and oxygen atoms in total. The number of aromatic nitrogens is 2. The smallest absolute Gasteiger partial charge is 0.238 e. The van der Waals surface area contributed by atoms with Crippen LogP contribution in [0.1, 0.15) is 0 Å². The number of rotatable bonds is 5. The molecule has 3 N–H and O–H groups in total. The Kier molecular flexibility index (Phi) is 5.03. The van der Waals surface area contributed by atoms with Gasteiger partial charge in [-0.05, 0) is 66.7 Å². The summed E-state index contributed by atoms with van der Waals surface area (Å²) in [6, 6.07) is 22.4. The summed E-state index contributed by atoms with van der Waals surface area (Å²) in [5.41, 5.74) is 3.45. The van der Waals surface area contributed by atoms with E-state index in [9.17, 15) is 13.5 Å². The van der Waals surface area contributed by atoms with Gasteiger partial charge in [0.05, 0.1) is 29.1 Å². The highest BCUT2D eigenvalue weighted by molar-refractivity contribution is 7.89. The van der Waals surface area contributed by atoms with Crippen molar-refractivity contribution in [3.8, 4) is 39.7 Å². The maximum atomic E-state index is 11.6. The van der Waals surface area contributed by atoms with Gasteiger partial charge in [-0.1, -0.05) is 12.1 Å². The van der Waals surface area contributed by atoms with E-state index in [2.05, 4.69) is 5.10 Å². The van der Waals surface area contributed by atoms with E-state index in [1.54, 1.807) is 42.1 Å². The van der Waals surface area contributed by atoms with Gasteiger partial charge in [0.15, 0.2) is 0 Å². The van der Waals surface area contributed by atoms with Crippen LogP contribution in [0.25, 0.3) is 28.2 Å². The normalized spacial score (nSPS) is 11.4. The molecular formula is C22H19N3O4S. The molecule has 0 amide bonds. The summed E-state index contributed by atoms with van der Waals surface area (Å²) in [6.45, 7) is 0. The number of hydrogen-bond donors (Lipinski definition) is 2. The average molecular weight is 421 g/mol. The number of nitrogens with two attached hydrogens (primary N) is 1. The zero-order valence-electron chi connectivity index (χ0n) is 16.1. The highest BCUT2D eigenvalue weighted by Gasteiger charge is 2.16. The Balaban J connectivity index is 1.88.